The quantitative estimate of drug-likeness (QED) is 0.402. The monoisotopic (exact) mass is 520 g/mol. The molecule has 0 spiro atoms. The number of ether oxygens (including phenoxy) is 2. The summed E-state index contributed by atoms with van der Waals surface area (Å²) in [5.74, 6) is 0.830. The molecule has 1 aliphatic heterocycles. The number of amides is 2. The fourth-order valence-electron chi connectivity index (χ4n) is 2.83. The Morgan fingerprint density at radius 3 is 2.72 bits per heavy atom. The molecule has 3 rings (SSSR count). The van der Waals surface area contributed by atoms with E-state index >= 15 is 0 Å². The van der Waals surface area contributed by atoms with E-state index in [9.17, 15) is 14.9 Å². The Labute approximate surface area is 186 Å². The summed E-state index contributed by atoms with van der Waals surface area (Å²) in [7, 11) is 1.55. The van der Waals surface area contributed by atoms with Crippen molar-refractivity contribution in [1.82, 2.24) is 4.90 Å². The molecule has 8 heteroatoms. The van der Waals surface area contributed by atoms with Gasteiger partial charge in [-0.15, -0.1) is 0 Å². The highest BCUT2D eigenvalue weighted by atomic mass is 127. The van der Waals surface area contributed by atoms with Crippen molar-refractivity contribution in [2.45, 2.75) is 13.5 Å². The first kappa shape index (κ1) is 21.2. The summed E-state index contributed by atoms with van der Waals surface area (Å²) in [6, 6.07) is 12.7. The largest absolute Gasteiger partial charge is 0.493 e. The molecule has 1 saturated heterocycles. The predicted molar refractivity (Wildman–Crippen MR) is 120 cm³/mol. The van der Waals surface area contributed by atoms with E-state index in [1.54, 1.807) is 43.5 Å². The Kier molecular flexibility index (Phi) is 6.82. The lowest BCUT2D eigenvalue weighted by Crippen LogP contribution is -2.27. The van der Waals surface area contributed by atoms with Crippen LogP contribution in [0.4, 0.5) is 4.79 Å². The van der Waals surface area contributed by atoms with Gasteiger partial charge in [-0.1, -0.05) is 18.2 Å². The number of halogens is 1. The second kappa shape index (κ2) is 9.33. The number of benzene rings is 2. The van der Waals surface area contributed by atoms with Gasteiger partial charge < -0.3 is 9.47 Å². The van der Waals surface area contributed by atoms with E-state index in [-0.39, 0.29) is 17.7 Å². The van der Waals surface area contributed by atoms with Gasteiger partial charge in [0.1, 0.15) is 0 Å². The topological polar surface area (TPSA) is 79.6 Å². The molecule has 1 heterocycles. The van der Waals surface area contributed by atoms with Crippen LogP contribution in [0.1, 0.15) is 23.6 Å². The number of methoxy groups -OCH3 is 1. The summed E-state index contributed by atoms with van der Waals surface area (Å²) in [6.07, 6.45) is 1.67. The maximum absolute atomic E-state index is 12.8. The molecule has 0 atom stereocenters. The number of carbonyl (C=O) groups is 2. The average Bonchev–Trinajstić information content (AvgIpc) is 2.97. The lowest BCUT2D eigenvalue weighted by atomic mass is 10.1. The van der Waals surface area contributed by atoms with Crippen LogP contribution in [0.2, 0.25) is 0 Å². The van der Waals surface area contributed by atoms with E-state index in [1.165, 1.54) is 0 Å². The summed E-state index contributed by atoms with van der Waals surface area (Å²) in [4.78, 5) is 26.7. The fraction of sp³-hybridized carbons (Fsp3) is 0.190. The Morgan fingerprint density at radius 2 is 2.03 bits per heavy atom. The SMILES string of the molecule is CCOc1c(I)cc(/C=C2/SC(=O)N(Cc3ccccc3C#N)C2=O)cc1OC. The van der Waals surface area contributed by atoms with Gasteiger partial charge >= 0.3 is 0 Å². The van der Waals surface area contributed by atoms with Crippen molar-refractivity contribution >= 4 is 51.6 Å². The van der Waals surface area contributed by atoms with Crippen LogP contribution in [-0.4, -0.2) is 29.8 Å². The van der Waals surface area contributed by atoms with Gasteiger partial charge in [-0.2, -0.15) is 5.26 Å². The molecule has 0 aromatic heterocycles. The molecule has 0 saturated carbocycles. The number of imide groups is 1. The molecule has 6 nitrogen and oxygen atoms in total. The minimum atomic E-state index is -0.379. The first-order chi connectivity index (χ1) is 14.0. The predicted octanol–water partition coefficient (Wildman–Crippen LogP) is 4.81. The number of nitrogens with zero attached hydrogens (tertiary/aromatic N) is 2. The molecule has 2 aromatic rings. The summed E-state index contributed by atoms with van der Waals surface area (Å²) in [5, 5.41) is 8.87. The molecule has 1 aliphatic rings. The van der Waals surface area contributed by atoms with Crippen LogP contribution < -0.4 is 9.47 Å². The van der Waals surface area contributed by atoms with Crippen molar-refractivity contribution in [3.63, 3.8) is 0 Å². The molecule has 2 aromatic carbocycles. The van der Waals surface area contributed by atoms with E-state index < -0.39 is 0 Å². The maximum Gasteiger partial charge on any atom is 0.293 e. The zero-order chi connectivity index (χ0) is 21.0. The minimum Gasteiger partial charge on any atom is -0.493 e. The maximum atomic E-state index is 12.8. The lowest BCUT2D eigenvalue weighted by Gasteiger charge is -2.13. The number of rotatable bonds is 6. The number of thioether (sulfide) groups is 1. The Balaban J connectivity index is 1.88. The molecule has 0 radical (unpaired) electrons. The minimum absolute atomic E-state index is 0.0654. The highest BCUT2D eigenvalue weighted by molar-refractivity contribution is 14.1. The molecule has 0 bridgehead atoms. The molecule has 29 heavy (non-hydrogen) atoms. The normalized spacial score (nSPS) is 15.0. The van der Waals surface area contributed by atoms with Gasteiger partial charge in [0.2, 0.25) is 0 Å². The smallest absolute Gasteiger partial charge is 0.293 e. The number of nitriles is 1. The molecular formula is C21H17IN2O4S. The molecule has 0 N–H and O–H groups in total. The van der Waals surface area contributed by atoms with Gasteiger partial charge in [0, 0.05) is 0 Å². The molecule has 148 valence electrons. The highest BCUT2D eigenvalue weighted by Gasteiger charge is 2.35. The molecule has 2 amide bonds. The van der Waals surface area contributed by atoms with Crippen molar-refractivity contribution in [1.29, 1.82) is 5.26 Å². The van der Waals surface area contributed by atoms with Crippen molar-refractivity contribution in [2.24, 2.45) is 0 Å². The Bertz CT molecular complexity index is 1050. The van der Waals surface area contributed by atoms with E-state index in [2.05, 4.69) is 28.7 Å². The highest BCUT2D eigenvalue weighted by Crippen LogP contribution is 2.37. The second-order valence-corrected chi connectivity index (χ2v) is 8.16. The summed E-state index contributed by atoms with van der Waals surface area (Å²) < 4.78 is 11.9. The molecule has 0 unspecified atom stereocenters. The van der Waals surface area contributed by atoms with Crippen molar-refractivity contribution in [3.8, 4) is 17.6 Å². The van der Waals surface area contributed by atoms with Gasteiger partial charge in [0.15, 0.2) is 11.5 Å². The zero-order valence-electron chi connectivity index (χ0n) is 15.8. The molecule has 0 aliphatic carbocycles. The molecular weight excluding hydrogens is 503 g/mol. The van der Waals surface area contributed by atoms with E-state index in [1.807, 2.05) is 13.0 Å². The van der Waals surface area contributed by atoms with E-state index in [0.29, 0.717) is 34.1 Å². The van der Waals surface area contributed by atoms with Crippen molar-refractivity contribution in [3.05, 3.63) is 61.6 Å². The first-order valence-electron chi connectivity index (χ1n) is 8.72. The van der Waals surface area contributed by atoms with Crippen LogP contribution in [0.3, 0.4) is 0 Å². The second-order valence-electron chi connectivity index (χ2n) is 6.00. The third-order valence-corrected chi connectivity index (χ3v) is 5.89. The van der Waals surface area contributed by atoms with Gasteiger partial charge in [0.25, 0.3) is 11.1 Å². The van der Waals surface area contributed by atoms with Crippen molar-refractivity contribution < 1.29 is 19.1 Å². The summed E-state index contributed by atoms with van der Waals surface area (Å²) in [6.45, 7) is 2.47. The van der Waals surface area contributed by atoms with E-state index in [4.69, 9.17) is 9.47 Å². The Hall–Kier alpha value is -2.51. The summed E-state index contributed by atoms with van der Waals surface area (Å²) >= 11 is 3.03. The van der Waals surface area contributed by atoms with Gasteiger partial charge in [-0.3, -0.25) is 14.5 Å². The van der Waals surface area contributed by atoms with Crippen LogP contribution in [-0.2, 0) is 11.3 Å². The van der Waals surface area contributed by atoms with Crippen LogP contribution >= 0.6 is 34.4 Å². The fourth-order valence-corrected chi connectivity index (χ4v) is 4.45. The van der Waals surface area contributed by atoms with E-state index in [0.717, 1.165) is 25.8 Å². The van der Waals surface area contributed by atoms with Gasteiger partial charge in [-0.05, 0) is 76.7 Å². The number of hydrogen-bond acceptors (Lipinski definition) is 6. The van der Waals surface area contributed by atoms with Crippen LogP contribution in [0.15, 0.2) is 41.3 Å². The lowest BCUT2D eigenvalue weighted by molar-refractivity contribution is -0.123. The average molecular weight is 520 g/mol. The van der Waals surface area contributed by atoms with Crippen LogP contribution in [0.25, 0.3) is 6.08 Å². The van der Waals surface area contributed by atoms with Crippen LogP contribution in [0, 0.1) is 14.9 Å². The third-order valence-electron chi connectivity index (χ3n) is 4.18. The standard InChI is InChI=1S/C21H17IN2O4S/c1-3-28-19-16(22)8-13(9-17(19)27-2)10-18-20(25)24(21(26)29-18)12-15-7-5-4-6-14(15)11-23/h4-10H,3,12H2,1-2H3/b18-10+. The Morgan fingerprint density at radius 1 is 1.28 bits per heavy atom. The zero-order valence-corrected chi connectivity index (χ0v) is 18.7. The van der Waals surface area contributed by atoms with Crippen LogP contribution in [0.5, 0.6) is 11.5 Å². The number of carbonyl (C=O) groups excluding carboxylic acids is 2. The first-order valence-corrected chi connectivity index (χ1v) is 10.6. The van der Waals surface area contributed by atoms with Gasteiger partial charge in [-0.25, -0.2) is 0 Å². The summed E-state index contributed by atoms with van der Waals surface area (Å²) in [5.41, 5.74) is 1.81. The molecule has 1 fully saturated rings. The van der Waals surface area contributed by atoms with Crippen molar-refractivity contribution in [2.75, 3.05) is 13.7 Å². The number of hydrogen-bond donors (Lipinski definition) is 0. The van der Waals surface area contributed by atoms with Gasteiger partial charge in [0.05, 0.1) is 40.4 Å². The third kappa shape index (κ3) is 4.57.